The van der Waals surface area contributed by atoms with Crippen LogP contribution in [0.5, 0.6) is 0 Å². The van der Waals surface area contributed by atoms with Gasteiger partial charge in [0.1, 0.15) is 0 Å². The van der Waals surface area contributed by atoms with Crippen LogP contribution in [-0.2, 0) is 0 Å². The van der Waals surface area contributed by atoms with Crippen molar-refractivity contribution in [1.29, 1.82) is 0 Å². The summed E-state index contributed by atoms with van der Waals surface area (Å²) in [5.41, 5.74) is 2.26. The third kappa shape index (κ3) is 4.35. The maximum atomic E-state index is 12.7. The molecular weight excluding hydrogens is 354 g/mol. The van der Waals surface area contributed by atoms with Crippen molar-refractivity contribution in [3.8, 4) is 0 Å². The molecule has 0 saturated heterocycles. The number of nitrogens with one attached hydrogen (secondary N) is 2. The van der Waals surface area contributed by atoms with Crippen LogP contribution in [0.25, 0.3) is 0 Å². The third-order valence-electron chi connectivity index (χ3n) is 4.60. The molecule has 0 spiro atoms. The van der Waals surface area contributed by atoms with Gasteiger partial charge in [-0.3, -0.25) is 14.4 Å². The highest BCUT2D eigenvalue weighted by molar-refractivity contribution is 6.04. The van der Waals surface area contributed by atoms with E-state index in [1.807, 2.05) is 43.3 Å². The van der Waals surface area contributed by atoms with Gasteiger partial charge >= 0.3 is 0 Å². The second kappa shape index (κ2) is 8.35. The topological polar surface area (TPSA) is 82.3 Å². The lowest BCUT2D eigenvalue weighted by molar-refractivity contribution is 0.0742. The van der Waals surface area contributed by atoms with Crippen LogP contribution in [0.3, 0.4) is 0 Å². The SMILES string of the molecule is C[C@H](c1cccc(NC(=O)c2ccccc2)c1)N(C)C(=O)c1ccc(=O)[nH]c1. The molecule has 3 aromatic rings. The number of hydrogen-bond donors (Lipinski definition) is 2. The Labute approximate surface area is 162 Å². The lowest BCUT2D eigenvalue weighted by Gasteiger charge is -2.25. The molecule has 0 aliphatic rings. The van der Waals surface area contributed by atoms with E-state index in [-0.39, 0.29) is 23.4 Å². The Kier molecular flexibility index (Phi) is 5.69. The summed E-state index contributed by atoms with van der Waals surface area (Å²) in [7, 11) is 1.70. The smallest absolute Gasteiger partial charge is 0.255 e. The van der Waals surface area contributed by atoms with Gasteiger partial charge in [-0.15, -0.1) is 0 Å². The van der Waals surface area contributed by atoms with Crippen molar-refractivity contribution in [2.45, 2.75) is 13.0 Å². The highest BCUT2D eigenvalue weighted by Gasteiger charge is 2.19. The van der Waals surface area contributed by atoms with Crippen LogP contribution in [0.15, 0.2) is 77.7 Å². The number of carbonyl (C=O) groups is 2. The van der Waals surface area contributed by atoms with Crippen molar-refractivity contribution in [3.05, 3.63) is 100.0 Å². The lowest BCUT2D eigenvalue weighted by Crippen LogP contribution is -2.30. The molecule has 2 amide bonds. The standard InChI is InChI=1S/C22H21N3O3/c1-15(25(2)22(28)18-11-12-20(26)23-14-18)17-9-6-10-19(13-17)24-21(27)16-7-4-3-5-8-16/h3-15H,1-2H3,(H,23,26)(H,24,27)/t15-/m1/s1. The second-order valence-corrected chi connectivity index (χ2v) is 6.48. The quantitative estimate of drug-likeness (QED) is 0.716. The second-order valence-electron chi connectivity index (χ2n) is 6.48. The molecular formula is C22H21N3O3. The minimum Gasteiger partial charge on any atom is -0.335 e. The van der Waals surface area contributed by atoms with E-state index in [4.69, 9.17) is 0 Å². The molecule has 1 aromatic heterocycles. The van der Waals surface area contributed by atoms with E-state index < -0.39 is 0 Å². The molecule has 0 aliphatic carbocycles. The summed E-state index contributed by atoms with van der Waals surface area (Å²) >= 11 is 0. The number of aromatic nitrogens is 1. The first kappa shape index (κ1) is 19.1. The molecule has 3 rings (SSSR count). The summed E-state index contributed by atoms with van der Waals surface area (Å²) in [6.45, 7) is 1.90. The number of H-pyrrole nitrogens is 1. The van der Waals surface area contributed by atoms with Gasteiger partial charge in [-0.25, -0.2) is 0 Å². The highest BCUT2D eigenvalue weighted by Crippen LogP contribution is 2.23. The Bertz CT molecular complexity index is 1020. The molecule has 1 heterocycles. The van der Waals surface area contributed by atoms with Crippen LogP contribution in [0.2, 0.25) is 0 Å². The van der Waals surface area contributed by atoms with Gasteiger partial charge in [-0.1, -0.05) is 30.3 Å². The Balaban J connectivity index is 1.75. The number of anilines is 1. The molecule has 28 heavy (non-hydrogen) atoms. The Morgan fingerprint density at radius 1 is 0.964 bits per heavy atom. The number of rotatable bonds is 5. The summed E-state index contributed by atoms with van der Waals surface area (Å²) in [4.78, 5) is 40.3. The van der Waals surface area contributed by atoms with Crippen LogP contribution in [-0.4, -0.2) is 28.7 Å². The van der Waals surface area contributed by atoms with Gasteiger partial charge in [-0.2, -0.15) is 0 Å². The summed E-state index contributed by atoms with van der Waals surface area (Å²) in [5, 5.41) is 2.88. The predicted octanol–water partition coefficient (Wildman–Crippen LogP) is 3.46. The van der Waals surface area contributed by atoms with Crippen LogP contribution in [0.4, 0.5) is 5.69 Å². The first-order chi connectivity index (χ1) is 13.5. The molecule has 0 aliphatic heterocycles. The molecule has 2 aromatic carbocycles. The zero-order valence-electron chi connectivity index (χ0n) is 15.7. The summed E-state index contributed by atoms with van der Waals surface area (Å²) in [5.74, 6) is -0.398. The lowest BCUT2D eigenvalue weighted by atomic mass is 10.1. The van der Waals surface area contributed by atoms with Crippen molar-refractivity contribution < 1.29 is 9.59 Å². The summed E-state index contributed by atoms with van der Waals surface area (Å²) < 4.78 is 0. The largest absolute Gasteiger partial charge is 0.335 e. The molecule has 6 nitrogen and oxygen atoms in total. The number of nitrogens with zero attached hydrogens (tertiary/aromatic N) is 1. The van der Waals surface area contributed by atoms with Gasteiger partial charge in [0.15, 0.2) is 0 Å². The van der Waals surface area contributed by atoms with E-state index in [2.05, 4.69) is 10.3 Å². The summed E-state index contributed by atoms with van der Waals surface area (Å²) in [6, 6.07) is 19.0. The van der Waals surface area contributed by atoms with Crippen molar-refractivity contribution in [2.24, 2.45) is 0 Å². The van der Waals surface area contributed by atoms with Gasteiger partial charge < -0.3 is 15.2 Å². The number of carbonyl (C=O) groups excluding carboxylic acids is 2. The Morgan fingerprint density at radius 2 is 1.71 bits per heavy atom. The molecule has 0 unspecified atom stereocenters. The van der Waals surface area contributed by atoms with Gasteiger partial charge in [0.25, 0.3) is 11.8 Å². The summed E-state index contributed by atoms with van der Waals surface area (Å²) in [6.07, 6.45) is 1.41. The fourth-order valence-electron chi connectivity index (χ4n) is 2.82. The molecule has 0 bridgehead atoms. The molecule has 6 heteroatoms. The van der Waals surface area contributed by atoms with Crippen molar-refractivity contribution in [3.63, 3.8) is 0 Å². The van der Waals surface area contributed by atoms with E-state index in [0.717, 1.165) is 5.56 Å². The van der Waals surface area contributed by atoms with Gasteiger partial charge in [0, 0.05) is 30.6 Å². The molecule has 2 N–H and O–H groups in total. The van der Waals surface area contributed by atoms with E-state index in [1.165, 1.54) is 18.3 Å². The minimum atomic E-state index is -0.255. The van der Waals surface area contributed by atoms with Crippen LogP contribution < -0.4 is 10.9 Å². The fraction of sp³-hybridized carbons (Fsp3) is 0.136. The normalized spacial score (nSPS) is 11.5. The zero-order valence-corrected chi connectivity index (χ0v) is 15.7. The maximum Gasteiger partial charge on any atom is 0.255 e. The molecule has 0 fully saturated rings. The van der Waals surface area contributed by atoms with Gasteiger partial charge in [-0.05, 0) is 42.8 Å². The monoisotopic (exact) mass is 375 g/mol. The molecule has 1 atom stereocenters. The van der Waals surface area contributed by atoms with Crippen molar-refractivity contribution >= 4 is 17.5 Å². The Hall–Kier alpha value is -3.67. The van der Waals surface area contributed by atoms with E-state index in [0.29, 0.717) is 16.8 Å². The minimum absolute atomic E-state index is 0.192. The Morgan fingerprint density at radius 3 is 2.39 bits per heavy atom. The number of hydrogen-bond acceptors (Lipinski definition) is 3. The molecule has 0 saturated carbocycles. The highest BCUT2D eigenvalue weighted by atomic mass is 16.2. The van der Waals surface area contributed by atoms with E-state index in [1.54, 1.807) is 30.1 Å². The zero-order chi connectivity index (χ0) is 20.1. The van der Waals surface area contributed by atoms with Crippen molar-refractivity contribution in [1.82, 2.24) is 9.88 Å². The van der Waals surface area contributed by atoms with Gasteiger partial charge in [0.05, 0.1) is 11.6 Å². The maximum absolute atomic E-state index is 12.7. The number of amides is 2. The first-order valence-corrected chi connectivity index (χ1v) is 8.88. The third-order valence-corrected chi connectivity index (χ3v) is 4.60. The molecule has 142 valence electrons. The van der Waals surface area contributed by atoms with E-state index in [9.17, 15) is 14.4 Å². The van der Waals surface area contributed by atoms with Crippen LogP contribution in [0, 0.1) is 0 Å². The molecule has 0 radical (unpaired) electrons. The number of pyridine rings is 1. The number of aromatic amines is 1. The number of benzene rings is 2. The van der Waals surface area contributed by atoms with E-state index >= 15 is 0 Å². The van der Waals surface area contributed by atoms with Crippen molar-refractivity contribution in [2.75, 3.05) is 12.4 Å². The first-order valence-electron chi connectivity index (χ1n) is 8.88. The fourth-order valence-corrected chi connectivity index (χ4v) is 2.82. The van der Waals surface area contributed by atoms with Gasteiger partial charge in [0.2, 0.25) is 5.56 Å². The van der Waals surface area contributed by atoms with Crippen LogP contribution in [0.1, 0.15) is 39.2 Å². The average Bonchev–Trinajstić information content (AvgIpc) is 2.73. The predicted molar refractivity (Wildman–Crippen MR) is 108 cm³/mol. The van der Waals surface area contributed by atoms with Crippen LogP contribution >= 0.6 is 0 Å². The average molecular weight is 375 g/mol.